The minimum absolute atomic E-state index is 0.0371. The number of sulfone groups is 1. The normalized spacial score (nSPS) is 18.0. The first-order valence-electron chi connectivity index (χ1n) is 16.5. The Bertz CT molecular complexity index is 1250. The van der Waals surface area contributed by atoms with Crippen molar-refractivity contribution < 1.29 is 32.4 Å². The van der Waals surface area contributed by atoms with Crippen LogP contribution in [0.1, 0.15) is 109 Å². The number of amides is 5. The molecule has 14 heteroatoms. The summed E-state index contributed by atoms with van der Waals surface area (Å²) < 4.78 is 24.3. The molecule has 12 nitrogen and oxygen atoms in total. The Morgan fingerprint density at radius 3 is 1.85 bits per heavy atom. The number of hydrogen-bond donors (Lipinski definition) is 4. The molecule has 272 valence electrons. The zero-order chi connectivity index (χ0) is 36.9. The van der Waals surface area contributed by atoms with Crippen LogP contribution in [0.25, 0.3) is 0 Å². The van der Waals surface area contributed by atoms with Gasteiger partial charge in [-0.2, -0.15) is 0 Å². The SMILES string of the molecule is CC(C)CC(C)(CS(=O)(=O)C(C)(C)C)NC(=O)N[C@H](C(=O)N(C[C@@H](C)C(C)C)[C@@H](I)C(=O)NC(CC1CC1)C(=O)C(N)=O)C(C)(C)C. The molecular formula is C33H60IN5O7S. The summed E-state index contributed by atoms with van der Waals surface area (Å²) in [4.78, 5) is 67.3. The Labute approximate surface area is 296 Å². The summed E-state index contributed by atoms with van der Waals surface area (Å²) in [6.45, 7) is 21.9. The van der Waals surface area contributed by atoms with Crippen molar-refractivity contribution in [1.29, 1.82) is 0 Å². The summed E-state index contributed by atoms with van der Waals surface area (Å²) in [7, 11) is -3.62. The van der Waals surface area contributed by atoms with Crippen LogP contribution in [-0.2, 0) is 29.0 Å². The lowest BCUT2D eigenvalue weighted by Crippen LogP contribution is -2.63. The zero-order valence-electron chi connectivity index (χ0n) is 30.5. The number of urea groups is 1. The second-order valence-electron chi connectivity index (χ2n) is 16.4. The van der Waals surface area contributed by atoms with Gasteiger partial charge in [0.2, 0.25) is 11.7 Å². The number of ketones is 1. The molecule has 0 bridgehead atoms. The summed E-state index contributed by atoms with van der Waals surface area (Å²) in [5.74, 6) is -3.05. The number of nitrogens with one attached hydrogen (secondary N) is 3. The van der Waals surface area contributed by atoms with E-state index in [-0.39, 0.29) is 36.0 Å². The van der Waals surface area contributed by atoms with Crippen LogP contribution >= 0.6 is 22.6 Å². The fourth-order valence-corrected chi connectivity index (χ4v) is 7.37. The summed E-state index contributed by atoms with van der Waals surface area (Å²) in [5.41, 5.74) is 3.32. The smallest absolute Gasteiger partial charge is 0.315 e. The van der Waals surface area contributed by atoms with Crippen molar-refractivity contribution in [2.75, 3.05) is 12.3 Å². The predicted molar refractivity (Wildman–Crippen MR) is 193 cm³/mol. The van der Waals surface area contributed by atoms with E-state index in [1.165, 1.54) is 4.90 Å². The van der Waals surface area contributed by atoms with Crippen molar-refractivity contribution in [3.63, 3.8) is 0 Å². The summed E-state index contributed by atoms with van der Waals surface area (Å²) in [6.07, 6.45) is 2.45. The highest BCUT2D eigenvalue weighted by molar-refractivity contribution is 14.1. The number of rotatable bonds is 17. The van der Waals surface area contributed by atoms with Crippen LogP contribution in [0.15, 0.2) is 0 Å². The number of carbonyl (C=O) groups excluding carboxylic acids is 5. The zero-order valence-corrected chi connectivity index (χ0v) is 33.4. The molecule has 0 aliphatic heterocycles. The molecule has 0 radical (unpaired) electrons. The van der Waals surface area contributed by atoms with Gasteiger partial charge in [0.05, 0.1) is 22.1 Å². The van der Waals surface area contributed by atoms with Gasteiger partial charge < -0.3 is 26.6 Å². The van der Waals surface area contributed by atoms with Gasteiger partial charge >= 0.3 is 6.03 Å². The van der Waals surface area contributed by atoms with Gasteiger partial charge in [-0.15, -0.1) is 0 Å². The van der Waals surface area contributed by atoms with Gasteiger partial charge in [-0.25, -0.2) is 13.2 Å². The van der Waals surface area contributed by atoms with Crippen molar-refractivity contribution in [3.05, 3.63) is 0 Å². The van der Waals surface area contributed by atoms with E-state index < -0.39 is 71.2 Å². The van der Waals surface area contributed by atoms with Crippen LogP contribution in [0.3, 0.4) is 0 Å². The minimum atomic E-state index is -3.62. The van der Waals surface area contributed by atoms with Crippen LogP contribution in [-0.4, -0.2) is 81.6 Å². The number of primary amides is 1. The molecule has 1 rings (SSSR count). The molecular weight excluding hydrogens is 737 g/mol. The maximum atomic E-state index is 14.4. The quantitative estimate of drug-likeness (QED) is 0.0744. The molecule has 0 saturated heterocycles. The molecule has 0 spiro atoms. The van der Waals surface area contributed by atoms with Crippen molar-refractivity contribution in [2.45, 2.75) is 135 Å². The van der Waals surface area contributed by atoms with Crippen LogP contribution in [0.2, 0.25) is 0 Å². The second-order valence-corrected chi connectivity index (χ2v) is 20.4. The molecule has 0 aromatic heterocycles. The van der Waals surface area contributed by atoms with Gasteiger partial charge in [0.1, 0.15) is 6.04 Å². The molecule has 5 atom stereocenters. The highest BCUT2D eigenvalue weighted by Gasteiger charge is 2.43. The highest BCUT2D eigenvalue weighted by Crippen LogP contribution is 2.34. The average Bonchev–Trinajstić information content (AvgIpc) is 3.70. The Hall–Kier alpha value is -1.97. The van der Waals surface area contributed by atoms with Crippen molar-refractivity contribution in [1.82, 2.24) is 20.9 Å². The fourth-order valence-electron chi connectivity index (χ4n) is 5.23. The molecule has 0 heterocycles. The Balaban J connectivity index is 3.43. The monoisotopic (exact) mass is 797 g/mol. The Morgan fingerprint density at radius 1 is 0.915 bits per heavy atom. The van der Waals surface area contributed by atoms with E-state index >= 15 is 0 Å². The number of halogens is 1. The van der Waals surface area contributed by atoms with Crippen LogP contribution in [0.4, 0.5) is 4.79 Å². The number of nitrogens with zero attached hydrogens (tertiary/aromatic N) is 1. The lowest BCUT2D eigenvalue weighted by molar-refractivity contribution is -0.142. The molecule has 2 unspecified atom stereocenters. The number of Topliss-reactive ketones (excluding diaryl/α,β-unsaturated/α-hetero) is 1. The molecule has 1 aliphatic rings. The first-order chi connectivity index (χ1) is 21.1. The lowest BCUT2D eigenvalue weighted by Gasteiger charge is -2.40. The van der Waals surface area contributed by atoms with E-state index in [9.17, 15) is 32.4 Å². The van der Waals surface area contributed by atoms with Gasteiger partial charge in [0.25, 0.3) is 11.8 Å². The van der Waals surface area contributed by atoms with Gasteiger partial charge in [-0.05, 0) is 92.2 Å². The van der Waals surface area contributed by atoms with Crippen LogP contribution in [0.5, 0.6) is 0 Å². The van der Waals surface area contributed by atoms with E-state index in [0.29, 0.717) is 12.8 Å². The largest absolute Gasteiger partial charge is 0.363 e. The number of hydrogen-bond acceptors (Lipinski definition) is 7. The summed E-state index contributed by atoms with van der Waals surface area (Å²) in [5, 5.41) is 8.34. The van der Waals surface area contributed by atoms with E-state index in [0.717, 1.165) is 12.8 Å². The molecule has 0 aromatic rings. The fraction of sp³-hybridized carbons (Fsp3) is 0.848. The average molecular weight is 798 g/mol. The maximum absolute atomic E-state index is 14.4. The Kier molecular flexibility index (Phi) is 15.2. The van der Waals surface area contributed by atoms with E-state index in [4.69, 9.17) is 5.73 Å². The maximum Gasteiger partial charge on any atom is 0.315 e. The lowest BCUT2D eigenvalue weighted by atomic mass is 9.85. The standard InChI is InChI=1S/C33H60IN5O7S/c1-19(2)16-33(12,18-47(45,46)32(9,10)11)38-30(44)37-25(31(6,7)8)29(43)39(17-21(5)20(3)4)26(34)28(42)36-23(15-22-13-14-22)24(40)27(35)41/h19-23,25-26H,13-18H2,1-12H3,(H2,35,41)(H,36,42)(H2,37,38,44)/t21-,23?,25-,26-,33?/m1/s1. The van der Waals surface area contributed by atoms with Gasteiger partial charge in [-0.1, -0.05) is 68.2 Å². The number of carbonyl (C=O) groups is 5. The first kappa shape index (κ1) is 43.1. The van der Waals surface area contributed by atoms with Gasteiger partial charge in [-0.3, -0.25) is 19.2 Å². The molecule has 1 saturated carbocycles. The van der Waals surface area contributed by atoms with Gasteiger partial charge in [0.15, 0.2) is 13.9 Å². The Morgan fingerprint density at radius 2 is 1.45 bits per heavy atom. The van der Waals surface area contributed by atoms with Gasteiger partial charge in [0, 0.05) is 6.54 Å². The third kappa shape index (κ3) is 13.5. The third-order valence-corrected chi connectivity index (χ3v) is 12.8. The second kappa shape index (κ2) is 16.6. The van der Waals surface area contributed by atoms with E-state index in [1.54, 1.807) is 48.5 Å². The highest BCUT2D eigenvalue weighted by atomic mass is 127. The molecule has 0 aromatic carbocycles. The van der Waals surface area contributed by atoms with Crippen molar-refractivity contribution >= 4 is 62.0 Å². The molecule has 47 heavy (non-hydrogen) atoms. The minimum Gasteiger partial charge on any atom is -0.363 e. The number of alkyl halides is 1. The van der Waals surface area contributed by atoms with Crippen LogP contribution < -0.4 is 21.7 Å². The van der Waals surface area contributed by atoms with E-state index in [1.807, 2.05) is 57.2 Å². The molecule has 1 fully saturated rings. The predicted octanol–water partition coefficient (Wildman–Crippen LogP) is 3.94. The third-order valence-electron chi connectivity index (χ3n) is 8.64. The number of nitrogens with two attached hydrogens (primary N) is 1. The first-order valence-corrected chi connectivity index (χ1v) is 19.4. The molecule has 1 aliphatic carbocycles. The molecule has 5 amide bonds. The molecule has 5 N–H and O–H groups in total. The summed E-state index contributed by atoms with van der Waals surface area (Å²) in [6, 6.07) is -2.90. The van der Waals surface area contributed by atoms with Crippen LogP contribution in [0, 0.1) is 29.1 Å². The topological polar surface area (TPSA) is 185 Å². The van der Waals surface area contributed by atoms with E-state index in [2.05, 4.69) is 16.0 Å². The van der Waals surface area contributed by atoms with Crippen molar-refractivity contribution in [2.24, 2.45) is 34.8 Å². The summed E-state index contributed by atoms with van der Waals surface area (Å²) >= 11 is 1.85. The van der Waals surface area contributed by atoms with Crippen molar-refractivity contribution in [3.8, 4) is 0 Å².